The molecule has 186 valence electrons. The Morgan fingerprint density at radius 2 is 1.91 bits per heavy atom. The number of ether oxygens (including phenoxy) is 2. The van der Waals surface area contributed by atoms with Gasteiger partial charge in [-0.2, -0.15) is 15.3 Å². The molecule has 0 spiro atoms. The summed E-state index contributed by atoms with van der Waals surface area (Å²) in [5.74, 6) is -2.79. The molecule has 0 bridgehead atoms. The van der Waals surface area contributed by atoms with Crippen molar-refractivity contribution in [2.45, 2.75) is 12.8 Å². The van der Waals surface area contributed by atoms with Gasteiger partial charge in [0.15, 0.2) is 29.0 Å². The first-order chi connectivity index (χ1) is 17.0. The summed E-state index contributed by atoms with van der Waals surface area (Å²) >= 11 is 0. The number of allylic oxidation sites excluding steroid dienone is 1. The number of methoxy groups -OCH3 is 1. The number of hydrogen-bond acceptors (Lipinski definition) is 7. The maximum absolute atomic E-state index is 13.5. The summed E-state index contributed by atoms with van der Waals surface area (Å²) in [6.45, 7) is 8.59. The minimum Gasteiger partial charge on any atom is -0.491 e. The van der Waals surface area contributed by atoms with Crippen molar-refractivity contribution >= 4 is 5.82 Å². The van der Waals surface area contributed by atoms with Crippen LogP contribution in [0.1, 0.15) is 12.0 Å². The first-order valence-corrected chi connectivity index (χ1v) is 11.3. The summed E-state index contributed by atoms with van der Waals surface area (Å²) < 4.78 is 50.8. The van der Waals surface area contributed by atoms with Gasteiger partial charge in [-0.25, -0.2) is 13.2 Å². The van der Waals surface area contributed by atoms with Crippen LogP contribution in [0.15, 0.2) is 42.9 Å². The van der Waals surface area contributed by atoms with Crippen molar-refractivity contribution in [3.05, 3.63) is 65.9 Å². The van der Waals surface area contributed by atoms with Gasteiger partial charge in [-0.05, 0) is 36.6 Å². The summed E-state index contributed by atoms with van der Waals surface area (Å²) in [5.41, 5.74) is 2.57. The number of benzene rings is 1. The molecular weight excluding hydrogens is 461 g/mol. The van der Waals surface area contributed by atoms with Gasteiger partial charge < -0.3 is 19.7 Å². The van der Waals surface area contributed by atoms with Crippen molar-refractivity contribution < 1.29 is 22.6 Å². The molecule has 1 atom stereocenters. The summed E-state index contributed by atoms with van der Waals surface area (Å²) in [7, 11) is 1.55. The molecule has 2 aromatic heterocycles. The molecule has 0 aliphatic carbocycles. The van der Waals surface area contributed by atoms with Gasteiger partial charge in [0.2, 0.25) is 0 Å². The van der Waals surface area contributed by atoms with Gasteiger partial charge in [0.1, 0.15) is 5.69 Å². The van der Waals surface area contributed by atoms with E-state index in [-0.39, 0.29) is 5.92 Å². The molecule has 0 saturated carbocycles. The van der Waals surface area contributed by atoms with Crippen LogP contribution in [0.3, 0.4) is 0 Å². The van der Waals surface area contributed by atoms with E-state index >= 15 is 0 Å². The molecule has 1 unspecified atom stereocenters. The lowest BCUT2D eigenvalue weighted by Gasteiger charge is -2.20. The average molecular weight is 489 g/mol. The zero-order valence-electron chi connectivity index (χ0n) is 19.4. The lowest BCUT2D eigenvalue weighted by atomic mass is 9.96. The van der Waals surface area contributed by atoms with Crippen LogP contribution in [0.5, 0.6) is 5.75 Å². The van der Waals surface area contributed by atoms with Gasteiger partial charge in [0.05, 0.1) is 32.7 Å². The Labute approximate surface area is 201 Å². The van der Waals surface area contributed by atoms with E-state index in [0.717, 1.165) is 49.7 Å². The number of nitrogens with zero attached hydrogens (tertiary/aromatic N) is 4. The second-order valence-electron chi connectivity index (χ2n) is 8.16. The fraction of sp³-hybridized carbons (Fsp3) is 0.375. The number of nitrogens with one attached hydrogen (secondary N) is 2. The first-order valence-electron chi connectivity index (χ1n) is 11.3. The van der Waals surface area contributed by atoms with Gasteiger partial charge in [-0.3, -0.25) is 5.10 Å². The maximum Gasteiger partial charge on any atom is 0.197 e. The molecule has 1 aromatic carbocycles. The van der Waals surface area contributed by atoms with Gasteiger partial charge in [-0.15, -0.1) is 0 Å². The third kappa shape index (κ3) is 5.63. The van der Waals surface area contributed by atoms with Crippen molar-refractivity contribution in [1.82, 2.24) is 25.7 Å². The van der Waals surface area contributed by atoms with E-state index in [1.165, 1.54) is 0 Å². The zero-order valence-corrected chi connectivity index (χ0v) is 19.4. The molecule has 3 aromatic rings. The molecule has 2 N–H and O–H groups in total. The molecule has 2 fully saturated rings. The Kier molecular flexibility index (Phi) is 7.98. The van der Waals surface area contributed by atoms with Gasteiger partial charge in [0.25, 0.3) is 0 Å². The molecule has 0 amide bonds. The third-order valence-corrected chi connectivity index (χ3v) is 5.93. The summed E-state index contributed by atoms with van der Waals surface area (Å²) in [6, 6.07) is 3.84. The smallest absolute Gasteiger partial charge is 0.197 e. The standard InChI is InChI=1S/C20H18F3N5O.C4H9NO/c1-11-13(7-12-8-15(21)17(23)16(22)9-12)4-6-28(11)20-19(29-2)18(26-27-20)14-3-5-24-25-10-14;1-3-6-4-2-5-1/h3,5,8-10,13H,1,4,6-7H2,2H3,(H,26,27);5H,1-4H2. The van der Waals surface area contributed by atoms with E-state index in [1.54, 1.807) is 25.6 Å². The van der Waals surface area contributed by atoms with Crippen LogP contribution in [-0.4, -0.2) is 60.4 Å². The number of aromatic nitrogens is 4. The topological polar surface area (TPSA) is 88.2 Å². The van der Waals surface area contributed by atoms with Gasteiger partial charge in [0, 0.05) is 36.8 Å². The van der Waals surface area contributed by atoms with E-state index < -0.39 is 17.5 Å². The largest absolute Gasteiger partial charge is 0.491 e. The number of aromatic amines is 1. The molecule has 35 heavy (non-hydrogen) atoms. The van der Waals surface area contributed by atoms with Crippen LogP contribution < -0.4 is 15.0 Å². The Balaban J connectivity index is 0.000000421. The van der Waals surface area contributed by atoms with Crippen LogP contribution in [0.2, 0.25) is 0 Å². The van der Waals surface area contributed by atoms with Crippen molar-refractivity contribution in [3.63, 3.8) is 0 Å². The molecule has 0 radical (unpaired) electrons. The minimum atomic E-state index is -1.46. The minimum absolute atomic E-state index is 0.0632. The van der Waals surface area contributed by atoms with Crippen molar-refractivity contribution in [2.75, 3.05) is 44.9 Å². The lowest BCUT2D eigenvalue weighted by molar-refractivity contribution is 0.109. The molecule has 11 heteroatoms. The number of H-pyrrole nitrogens is 1. The van der Waals surface area contributed by atoms with Crippen molar-refractivity contribution in [1.29, 1.82) is 0 Å². The van der Waals surface area contributed by atoms with Crippen LogP contribution in [0, 0.1) is 23.4 Å². The number of anilines is 1. The Morgan fingerprint density at radius 1 is 1.17 bits per heavy atom. The lowest BCUT2D eigenvalue weighted by Crippen LogP contribution is -2.30. The highest BCUT2D eigenvalue weighted by molar-refractivity contribution is 5.74. The quantitative estimate of drug-likeness (QED) is 0.532. The predicted molar refractivity (Wildman–Crippen MR) is 124 cm³/mol. The van der Waals surface area contributed by atoms with Crippen molar-refractivity contribution in [2.24, 2.45) is 5.92 Å². The van der Waals surface area contributed by atoms with Gasteiger partial charge >= 0.3 is 0 Å². The van der Waals surface area contributed by atoms with Crippen LogP contribution in [-0.2, 0) is 11.2 Å². The van der Waals surface area contributed by atoms with Gasteiger partial charge in [-0.1, -0.05) is 6.58 Å². The highest BCUT2D eigenvalue weighted by Crippen LogP contribution is 2.41. The Hall–Kier alpha value is -3.44. The normalized spacial score (nSPS) is 17.8. The molecule has 5 rings (SSSR count). The highest BCUT2D eigenvalue weighted by atomic mass is 19.2. The Morgan fingerprint density at radius 3 is 2.49 bits per heavy atom. The van der Waals surface area contributed by atoms with E-state index in [1.807, 2.05) is 4.90 Å². The van der Waals surface area contributed by atoms with E-state index in [2.05, 4.69) is 32.3 Å². The van der Waals surface area contributed by atoms with Crippen LogP contribution >= 0.6 is 0 Å². The molecule has 8 nitrogen and oxygen atoms in total. The van der Waals surface area contributed by atoms with Crippen molar-refractivity contribution in [3.8, 4) is 17.0 Å². The second kappa shape index (κ2) is 11.3. The molecule has 4 heterocycles. The average Bonchev–Trinajstić information content (AvgIpc) is 3.47. The number of rotatable bonds is 5. The fourth-order valence-electron chi connectivity index (χ4n) is 4.14. The number of halogens is 3. The number of hydrogen-bond donors (Lipinski definition) is 2. The monoisotopic (exact) mass is 488 g/mol. The fourth-order valence-corrected chi connectivity index (χ4v) is 4.14. The summed E-state index contributed by atoms with van der Waals surface area (Å²) in [4.78, 5) is 1.91. The third-order valence-electron chi connectivity index (χ3n) is 5.93. The molecule has 2 aliphatic rings. The molecular formula is C24H27F3N6O2. The van der Waals surface area contributed by atoms with Crippen LogP contribution in [0.4, 0.5) is 19.0 Å². The van der Waals surface area contributed by atoms with E-state index in [9.17, 15) is 13.2 Å². The summed E-state index contributed by atoms with van der Waals surface area (Å²) in [5, 5.41) is 18.1. The highest BCUT2D eigenvalue weighted by Gasteiger charge is 2.32. The molecule has 2 aliphatic heterocycles. The van der Waals surface area contributed by atoms with E-state index in [0.29, 0.717) is 42.2 Å². The zero-order chi connectivity index (χ0) is 24.8. The van der Waals surface area contributed by atoms with Crippen LogP contribution in [0.25, 0.3) is 11.3 Å². The molecule has 2 saturated heterocycles. The second-order valence-corrected chi connectivity index (χ2v) is 8.16. The predicted octanol–water partition coefficient (Wildman–Crippen LogP) is 3.48. The maximum atomic E-state index is 13.5. The number of morpholine rings is 1. The first kappa shape index (κ1) is 24.7. The summed E-state index contributed by atoms with van der Waals surface area (Å²) in [6.07, 6.45) is 4.22. The van der Waals surface area contributed by atoms with E-state index in [4.69, 9.17) is 9.47 Å². The Bertz CT molecular complexity index is 1120. The SMILES string of the molecule is C1COCCN1.C=C1C(Cc2cc(F)c(F)c(F)c2)CCN1c1n[nH]c(-c2ccnnc2)c1OC.